The number of thiophene rings is 1. The molecule has 3 heterocycles. The van der Waals surface area contributed by atoms with E-state index in [-0.39, 0.29) is 0 Å². The predicted octanol–water partition coefficient (Wildman–Crippen LogP) is 2.55. The van der Waals surface area contributed by atoms with E-state index in [2.05, 4.69) is 22.8 Å². The summed E-state index contributed by atoms with van der Waals surface area (Å²) in [6.45, 7) is 3.05. The summed E-state index contributed by atoms with van der Waals surface area (Å²) >= 11 is 1.92. The molecule has 0 spiro atoms. The van der Waals surface area contributed by atoms with Gasteiger partial charge in [0.2, 0.25) is 0 Å². The second kappa shape index (κ2) is 4.47. The van der Waals surface area contributed by atoms with Gasteiger partial charge in [-0.3, -0.25) is 0 Å². The van der Waals surface area contributed by atoms with Gasteiger partial charge in [0.25, 0.3) is 0 Å². The minimum atomic E-state index is 0.364. The molecule has 16 heavy (non-hydrogen) atoms. The Balaban J connectivity index is 1.92. The Morgan fingerprint density at radius 2 is 2.25 bits per heavy atom. The minimum absolute atomic E-state index is 0.364. The SMILES string of the molecule is c1csc(C2(C3CCCN3)CCOCC2)c1. The average Bonchev–Trinajstić information content (AvgIpc) is 3.04. The van der Waals surface area contributed by atoms with E-state index in [1.54, 1.807) is 4.88 Å². The van der Waals surface area contributed by atoms with Gasteiger partial charge in [0.05, 0.1) is 0 Å². The van der Waals surface area contributed by atoms with Crippen LogP contribution in [0.25, 0.3) is 0 Å². The molecule has 2 aliphatic heterocycles. The lowest BCUT2D eigenvalue weighted by Gasteiger charge is -2.41. The van der Waals surface area contributed by atoms with Gasteiger partial charge in [0.1, 0.15) is 0 Å². The largest absolute Gasteiger partial charge is 0.381 e. The molecule has 2 aliphatic rings. The molecule has 1 aromatic heterocycles. The number of rotatable bonds is 2. The summed E-state index contributed by atoms with van der Waals surface area (Å²) < 4.78 is 5.56. The van der Waals surface area contributed by atoms with E-state index >= 15 is 0 Å². The van der Waals surface area contributed by atoms with Gasteiger partial charge < -0.3 is 10.1 Å². The van der Waals surface area contributed by atoms with Gasteiger partial charge in [-0.05, 0) is 43.7 Å². The second-order valence-corrected chi connectivity index (χ2v) is 5.84. The minimum Gasteiger partial charge on any atom is -0.381 e. The van der Waals surface area contributed by atoms with Gasteiger partial charge in [-0.25, -0.2) is 0 Å². The molecule has 0 bridgehead atoms. The van der Waals surface area contributed by atoms with E-state index < -0.39 is 0 Å². The highest BCUT2D eigenvalue weighted by molar-refractivity contribution is 7.10. The van der Waals surface area contributed by atoms with E-state index in [4.69, 9.17) is 4.74 Å². The van der Waals surface area contributed by atoms with Crippen LogP contribution in [-0.4, -0.2) is 25.8 Å². The third-order valence-corrected chi connectivity index (χ3v) is 5.21. The first kappa shape index (κ1) is 10.8. The van der Waals surface area contributed by atoms with Crippen LogP contribution < -0.4 is 5.32 Å². The average molecular weight is 237 g/mol. The van der Waals surface area contributed by atoms with E-state index in [0.29, 0.717) is 11.5 Å². The lowest BCUT2D eigenvalue weighted by atomic mass is 9.72. The molecule has 0 radical (unpaired) electrons. The Morgan fingerprint density at radius 3 is 2.88 bits per heavy atom. The molecule has 2 fully saturated rings. The zero-order valence-electron chi connectivity index (χ0n) is 9.58. The molecule has 0 aromatic carbocycles. The Kier molecular flexibility index (Phi) is 3.01. The Labute approximate surface area is 101 Å². The topological polar surface area (TPSA) is 21.3 Å². The van der Waals surface area contributed by atoms with Crippen LogP contribution in [0.3, 0.4) is 0 Å². The fourth-order valence-corrected chi connectivity index (χ4v) is 4.26. The zero-order chi connectivity index (χ0) is 10.8. The second-order valence-electron chi connectivity index (χ2n) is 4.89. The van der Waals surface area contributed by atoms with E-state index in [1.165, 1.54) is 32.2 Å². The third-order valence-electron chi connectivity index (χ3n) is 4.12. The summed E-state index contributed by atoms with van der Waals surface area (Å²) in [5.41, 5.74) is 0.364. The zero-order valence-corrected chi connectivity index (χ0v) is 10.4. The number of ether oxygens (including phenoxy) is 1. The van der Waals surface area contributed by atoms with Crippen LogP contribution in [0.4, 0.5) is 0 Å². The maximum atomic E-state index is 5.56. The van der Waals surface area contributed by atoms with E-state index in [0.717, 1.165) is 13.2 Å². The summed E-state index contributed by atoms with van der Waals surface area (Å²) in [4.78, 5) is 1.57. The molecule has 1 atom stereocenters. The van der Waals surface area contributed by atoms with Crippen LogP contribution in [0.5, 0.6) is 0 Å². The molecule has 3 rings (SSSR count). The van der Waals surface area contributed by atoms with Gasteiger partial charge in [-0.1, -0.05) is 6.07 Å². The summed E-state index contributed by atoms with van der Waals surface area (Å²) in [7, 11) is 0. The van der Waals surface area contributed by atoms with Crippen molar-refractivity contribution in [3.8, 4) is 0 Å². The van der Waals surface area contributed by atoms with Crippen LogP contribution in [0.1, 0.15) is 30.6 Å². The maximum absolute atomic E-state index is 5.56. The first-order chi connectivity index (χ1) is 7.92. The molecular weight excluding hydrogens is 218 g/mol. The van der Waals surface area contributed by atoms with Crippen molar-refractivity contribution in [1.29, 1.82) is 0 Å². The maximum Gasteiger partial charge on any atom is 0.0475 e. The molecule has 88 valence electrons. The highest BCUT2D eigenvalue weighted by atomic mass is 32.1. The standard InChI is InChI=1S/C13H19NOS/c1-3-11(14-7-1)13(5-8-15-9-6-13)12-4-2-10-16-12/h2,4,10-11,14H,1,3,5-9H2. The summed E-state index contributed by atoms with van der Waals surface area (Å²) in [6, 6.07) is 5.18. The molecular formula is C13H19NOS. The van der Waals surface area contributed by atoms with Crippen LogP contribution in [0.15, 0.2) is 17.5 Å². The van der Waals surface area contributed by atoms with Crippen molar-refractivity contribution in [2.45, 2.75) is 37.1 Å². The predicted molar refractivity (Wildman–Crippen MR) is 67.1 cm³/mol. The number of hydrogen-bond donors (Lipinski definition) is 1. The Morgan fingerprint density at radius 1 is 1.38 bits per heavy atom. The summed E-state index contributed by atoms with van der Waals surface area (Å²) in [6.07, 6.45) is 5.03. The molecule has 1 N–H and O–H groups in total. The summed E-state index contributed by atoms with van der Waals surface area (Å²) in [5, 5.41) is 5.92. The van der Waals surface area contributed by atoms with E-state index in [1.807, 2.05) is 11.3 Å². The first-order valence-corrected chi connectivity index (χ1v) is 7.15. The van der Waals surface area contributed by atoms with Crippen LogP contribution in [0, 0.1) is 0 Å². The van der Waals surface area contributed by atoms with Crippen molar-refractivity contribution < 1.29 is 4.74 Å². The smallest absolute Gasteiger partial charge is 0.0475 e. The number of nitrogens with one attached hydrogen (secondary N) is 1. The fraction of sp³-hybridized carbons (Fsp3) is 0.692. The normalized spacial score (nSPS) is 29.4. The van der Waals surface area contributed by atoms with Crippen LogP contribution in [-0.2, 0) is 10.2 Å². The van der Waals surface area contributed by atoms with Crippen molar-refractivity contribution >= 4 is 11.3 Å². The van der Waals surface area contributed by atoms with Gasteiger partial charge >= 0.3 is 0 Å². The molecule has 0 amide bonds. The summed E-state index contributed by atoms with van der Waals surface area (Å²) in [5.74, 6) is 0. The van der Waals surface area contributed by atoms with Crippen molar-refractivity contribution in [2.24, 2.45) is 0 Å². The molecule has 1 unspecified atom stereocenters. The molecule has 2 nitrogen and oxygen atoms in total. The molecule has 2 saturated heterocycles. The van der Waals surface area contributed by atoms with Crippen molar-refractivity contribution in [3.63, 3.8) is 0 Å². The van der Waals surface area contributed by atoms with Gasteiger partial charge in [0, 0.05) is 29.5 Å². The fourth-order valence-electron chi connectivity index (χ4n) is 3.22. The van der Waals surface area contributed by atoms with Crippen molar-refractivity contribution in [2.75, 3.05) is 19.8 Å². The van der Waals surface area contributed by atoms with Crippen LogP contribution >= 0.6 is 11.3 Å². The highest BCUT2D eigenvalue weighted by Gasteiger charge is 2.43. The van der Waals surface area contributed by atoms with Crippen molar-refractivity contribution in [1.82, 2.24) is 5.32 Å². The third kappa shape index (κ3) is 1.71. The van der Waals surface area contributed by atoms with Gasteiger partial charge in [-0.15, -0.1) is 11.3 Å². The molecule has 0 saturated carbocycles. The molecule has 1 aromatic rings. The van der Waals surface area contributed by atoms with Crippen LogP contribution in [0.2, 0.25) is 0 Å². The number of hydrogen-bond acceptors (Lipinski definition) is 3. The monoisotopic (exact) mass is 237 g/mol. The quantitative estimate of drug-likeness (QED) is 0.853. The van der Waals surface area contributed by atoms with Gasteiger partial charge in [-0.2, -0.15) is 0 Å². The highest BCUT2D eigenvalue weighted by Crippen LogP contribution is 2.42. The first-order valence-electron chi connectivity index (χ1n) is 6.27. The van der Waals surface area contributed by atoms with Gasteiger partial charge in [0.15, 0.2) is 0 Å². The lowest BCUT2D eigenvalue weighted by Crippen LogP contribution is -2.48. The Bertz CT molecular complexity index is 324. The van der Waals surface area contributed by atoms with Crippen molar-refractivity contribution in [3.05, 3.63) is 22.4 Å². The molecule has 0 aliphatic carbocycles. The lowest BCUT2D eigenvalue weighted by molar-refractivity contribution is 0.0386. The molecule has 3 heteroatoms. The Hall–Kier alpha value is -0.380. The van der Waals surface area contributed by atoms with E-state index in [9.17, 15) is 0 Å².